The lowest BCUT2D eigenvalue weighted by Crippen LogP contribution is -2.30. The summed E-state index contributed by atoms with van der Waals surface area (Å²) in [7, 11) is 1.73. The molecule has 5 nitrogen and oxygen atoms in total. The van der Waals surface area contributed by atoms with Gasteiger partial charge in [-0.15, -0.1) is 0 Å². The molecule has 0 unspecified atom stereocenters. The third kappa shape index (κ3) is 4.25. The minimum atomic E-state index is -0.110. The predicted octanol–water partition coefficient (Wildman–Crippen LogP) is 1.35. The molecule has 0 aromatic heterocycles. The van der Waals surface area contributed by atoms with Crippen LogP contribution in [0.15, 0.2) is 18.2 Å². The molecule has 0 aliphatic rings. The number of ether oxygens (including phenoxy) is 1. The minimum absolute atomic E-state index is 0.110. The smallest absolute Gasteiger partial charge is 0.253 e. The second kappa shape index (κ2) is 6.26. The molecule has 0 aliphatic carbocycles. The van der Waals surface area contributed by atoms with Gasteiger partial charge in [-0.2, -0.15) is 0 Å². The van der Waals surface area contributed by atoms with Crippen molar-refractivity contribution in [2.75, 3.05) is 31.7 Å². The zero-order valence-corrected chi connectivity index (χ0v) is 11.1. The van der Waals surface area contributed by atoms with Crippen molar-refractivity contribution in [3.05, 3.63) is 23.8 Å². The van der Waals surface area contributed by atoms with Crippen LogP contribution >= 0.6 is 0 Å². The first-order valence-electron chi connectivity index (χ1n) is 5.93. The Labute approximate surface area is 108 Å². The average molecular weight is 251 g/mol. The molecule has 1 amide bonds. The van der Waals surface area contributed by atoms with Crippen molar-refractivity contribution in [3.8, 4) is 0 Å². The predicted molar refractivity (Wildman–Crippen MR) is 73.3 cm³/mol. The molecule has 18 heavy (non-hydrogen) atoms. The fraction of sp³-hybridized carbons (Fsp3) is 0.462. The summed E-state index contributed by atoms with van der Waals surface area (Å²) < 4.78 is 5.40. The van der Waals surface area contributed by atoms with Crippen molar-refractivity contribution >= 4 is 17.3 Å². The number of carbonyl (C=O) groups is 1. The molecule has 0 saturated heterocycles. The van der Waals surface area contributed by atoms with Gasteiger partial charge < -0.3 is 21.1 Å². The van der Waals surface area contributed by atoms with Crippen LogP contribution in [0.25, 0.3) is 0 Å². The van der Waals surface area contributed by atoms with Crippen LogP contribution in [-0.4, -0.2) is 37.1 Å². The molecule has 100 valence electrons. The van der Waals surface area contributed by atoms with Gasteiger partial charge in [-0.3, -0.25) is 4.79 Å². The molecule has 0 bridgehead atoms. The van der Waals surface area contributed by atoms with Crippen LogP contribution in [0.2, 0.25) is 0 Å². The summed E-state index contributed by atoms with van der Waals surface area (Å²) in [4.78, 5) is 13.7. The van der Waals surface area contributed by atoms with Crippen LogP contribution < -0.4 is 11.5 Å². The molecule has 1 rings (SSSR count). The Morgan fingerprint density at radius 3 is 2.33 bits per heavy atom. The summed E-state index contributed by atoms with van der Waals surface area (Å²) >= 11 is 0. The van der Waals surface area contributed by atoms with Crippen molar-refractivity contribution < 1.29 is 9.53 Å². The topological polar surface area (TPSA) is 81.6 Å². The Morgan fingerprint density at radius 1 is 1.28 bits per heavy atom. The third-order valence-electron chi connectivity index (χ3n) is 2.45. The lowest BCUT2D eigenvalue weighted by molar-refractivity contribution is 0.0532. The fourth-order valence-electron chi connectivity index (χ4n) is 1.55. The Balaban J connectivity index is 2.62. The number of nitrogen functional groups attached to an aromatic ring is 2. The van der Waals surface area contributed by atoms with E-state index in [-0.39, 0.29) is 12.0 Å². The molecule has 0 heterocycles. The maximum Gasteiger partial charge on any atom is 0.253 e. The number of anilines is 2. The van der Waals surface area contributed by atoms with E-state index in [0.717, 1.165) is 0 Å². The van der Waals surface area contributed by atoms with E-state index >= 15 is 0 Å². The zero-order valence-electron chi connectivity index (χ0n) is 11.1. The number of nitrogens with zero attached hydrogens (tertiary/aromatic N) is 1. The van der Waals surface area contributed by atoms with Crippen LogP contribution in [0.4, 0.5) is 11.4 Å². The van der Waals surface area contributed by atoms with Gasteiger partial charge in [-0.25, -0.2) is 0 Å². The number of hydrogen-bond acceptors (Lipinski definition) is 4. The number of benzene rings is 1. The summed E-state index contributed by atoms with van der Waals surface area (Å²) in [5.74, 6) is -0.110. The van der Waals surface area contributed by atoms with Crippen molar-refractivity contribution in [1.82, 2.24) is 4.90 Å². The molecule has 0 atom stereocenters. The maximum absolute atomic E-state index is 12.1. The van der Waals surface area contributed by atoms with Crippen molar-refractivity contribution in [2.24, 2.45) is 0 Å². The molecule has 0 aliphatic heterocycles. The molecule has 1 aromatic rings. The van der Waals surface area contributed by atoms with Gasteiger partial charge in [0.15, 0.2) is 0 Å². The largest absolute Gasteiger partial charge is 0.399 e. The third-order valence-corrected chi connectivity index (χ3v) is 2.45. The molecule has 4 N–H and O–H groups in total. The van der Waals surface area contributed by atoms with E-state index in [1.807, 2.05) is 13.8 Å². The highest BCUT2D eigenvalue weighted by molar-refractivity contribution is 5.95. The molecule has 1 aromatic carbocycles. The molecule has 0 fully saturated rings. The van der Waals surface area contributed by atoms with E-state index in [4.69, 9.17) is 16.2 Å². The molecule has 0 radical (unpaired) electrons. The van der Waals surface area contributed by atoms with E-state index in [2.05, 4.69) is 0 Å². The number of nitrogens with two attached hydrogens (primary N) is 2. The number of likely N-dealkylation sites (N-methyl/N-ethyl adjacent to an activating group) is 1. The van der Waals surface area contributed by atoms with Gasteiger partial charge in [0.2, 0.25) is 0 Å². The lowest BCUT2D eigenvalue weighted by atomic mass is 10.1. The number of carbonyl (C=O) groups excluding carboxylic acids is 1. The Kier molecular flexibility index (Phi) is 4.97. The van der Waals surface area contributed by atoms with Crippen molar-refractivity contribution in [1.29, 1.82) is 0 Å². The van der Waals surface area contributed by atoms with E-state index in [1.165, 1.54) is 0 Å². The Bertz CT molecular complexity index is 398. The summed E-state index contributed by atoms with van der Waals surface area (Å²) in [6.07, 6.45) is 0.163. The van der Waals surface area contributed by atoms with Gasteiger partial charge in [0.05, 0.1) is 12.7 Å². The molecule has 5 heteroatoms. The Hall–Kier alpha value is -1.75. The highest BCUT2D eigenvalue weighted by atomic mass is 16.5. The van der Waals surface area contributed by atoms with Gasteiger partial charge in [-0.05, 0) is 32.0 Å². The number of hydrogen-bond donors (Lipinski definition) is 2. The SMILES string of the molecule is CC(C)OCCN(C)C(=O)c1cc(N)cc(N)c1. The first-order chi connectivity index (χ1) is 8.40. The highest BCUT2D eigenvalue weighted by Crippen LogP contribution is 2.15. The first-order valence-corrected chi connectivity index (χ1v) is 5.93. The van der Waals surface area contributed by atoms with E-state index in [0.29, 0.717) is 30.1 Å². The number of rotatable bonds is 5. The van der Waals surface area contributed by atoms with Gasteiger partial charge >= 0.3 is 0 Å². The average Bonchev–Trinajstić information content (AvgIpc) is 2.26. The monoisotopic (exact) mass is 251 g/mol. The highest BCUT2D eigenvalue weighted by Gasteiger charge is 2.12. The lowest BCUT2D eigenvalue weighted by Gasteiger charge is -2.18. The van der Waals surface area contributed by atoms with E-state index in [1.54, 1.807) is 30.1 Å². The normalized spacial score (nSPS) is 10.7. The second-order valence-corrected chi connectivity index (χ2v) is 4.53. The van der Waals surface area contributed by atoms with Crippen LogP contribution in [0.3, 0.4) is 0 Å². The second-order valence-electron chi connectivity index (χ2n) is 4.53. The van der Waals surface area contributed by atoms with Crippen LogP contribution in [0.1, 0.15) is 24.2 Å². The van der Waals surface area contributed by atoms with Crippen molar-refractivity contribution in [3.63, 3.8) is 0 Å². The zero-order chi connectivity index (χ0) is 13.7. The fourth-order valence-corrected chi connectivity index (χ4v) is 1.55. The molecule has 0 saturated carbocycles. The summed E-state index contributed by atoms with van der Waals surface area (Å²) in [5, 5.41) is 0. The molecular formula is C13H21N3O2. The Morgan fingerprint density at radius 2 is 1.83 bits per heavy atom. The van der Waals surface area contributed by atoms with Crippen LogP contribution in [0, 0.1) is 0 Å². The molecule has 0 spiro atoms. The van der Waals surface area contributed by atoms with Gasteiger partial charge in [0, 0.05) is 30.5 Å². The summed E-state index contributed by atoms with van der Waals surface area (Å²) in [6, 6.07) is 4.87. The summed E-state index contributed by atoms with van der Waals surface area (Å²) in [5.41, 5.74) is 12.8. The van der Waals surface area contributed by atoms with Crippen LogP contribution in [0.5, 0.6) is 0 Å². The number of amides is 1. The van der Waals surface area contributed by atoms with Crippen LogP contribution in [-0.2, 0) is 4.74 Å². The first kappa shape index (κ1) is 14.3. The van der Waals surface area contributed by atoms with Gasteiger partial charge in [0.1, 0.15) is 0 Å². The maximum atomic E-state index is 12.1. The van der Waals surface area contributed by atoms with Crippen molar-refractivity contribution in [2.45, 2.75) is 20.0 Å². The molecular weight excluding hydrogens is 230 g/mol. The summed E-state index contributed by atoms with van der Waals surface area (Å²) in [6.45, 7) is 4.96. The quantitative estimate of drug-likeness (QED) is 0.774. The van der Waals surface area contributed by atoms with E-state index in [9.17, 15) is 4.79 Å². The van der Waals surface area contributed by atoms with Gasteiger partial charge in [0.25, 0.3) is 5.91 Å². The standard InChI is InChI=1S/C13H21N3O2/c1-9(2)18-5-4-16(3)13(17)10-6-11(14)8-12(15)7-10/h6-9H,4-5,14-15H2,1-3H3. The van der Waals surface area contributed by atoms with E-state index < -0.39 is 0 Å². The van der Waals surface area contributed by atoms with Gasteiger partial charge in [-0.1, -0.05) is 0 Å². The minimum Gasteiger partial charge on any atom is -0.399 e.